The first kappa shape index (κ1) is 16.5. The second kappa shape index (κ2) is 7.52. The number of carbonyl (C=O) groups is 1. The molecule has 1 unspecified atom stereocenters. The highest BCUT2D eigenvalue weighted by atomic mass is 32.1. The standard InChI is InChI=1S/C20H20N2OS2/c23-19(21-13-15-5-2-1-3-6-15)14-22-10-8-17-16(9-12-25-17)20(22)18-7-4-11-24-18/h1-7,9,11-12,20H,8,10,13-14H2,(H,21,23)/p+1/t20-/m0/s1. The molecule has 2 N–H and O–H groups in total. The summed E-state index contributed by atoms with van der Waals surface area (Å²) in [6.45, 7) is 2.12. The van der Waals surface area contributed by atoms with E-state index < -0.39 is 0 Å². The molecule has 3 heterocycles. The molecule has 1 amide bonds. The summed E-state index contributed by atoms with van der Waals surface area (Å²) in [6, 6.07) is 16.9. The van der Waals surface area contributed by atoms with Crippen molar-refractivity contribution in [3.05, 3.63) is 80.2 Å². The molecule has 0 aliphatic carbocycles. The molecule has 2 aromatic heterocycles. The van der Waals surface area contributed by atoms with Crippen LogP contribution in [0.4, 0.5) is 0 Å². The molecule has 0 saturated carbocycles. The van der Waals surface area contributed by atoms with Crippen molar-refractivity contribution >= 4 is 28.6 Å². The molecule has 1 aliphatic rings. The average Bonchev–Trinajstić information content (AvgIpc) is 3.32. The Balaban J connectivity index is 1.46. The number of hydrogen-bond donors (Lipinski definition) is 2. The number of quaternary nitrogens is 1. The van der Waals surface area contributed by atoms with Gasteiger partial charge in [0.25, 0.3) is 5.91 Å². The fraction of sp³-hybridized carbons (Fsp3) is 0.250. The van der Waals surface area contributed by atoms with Crippen LogP contribution < -0.4 is 10.2 Å². The largest absolute Gasteiger partial charge is 0.347 e. The number of benzene rings is 1. The van der Waals surface area contributed by atoms with E-state index in [1.165, 1.54) is 20.2 Å². The van der Waals surface area contributed by atoms with Gasteiger partial charge in [-0.3, -0.25) is 4.79 Å². The van der Waals surface area contributed by atoms with Crippen LogP contribution in [0.2, 0.25) is 0 Å². The summed E-state index contributed by atoms with van der Waals surface area (Å²) >= 11 is 3.64. The summed E-state index contributed by atoms with van der Waals surface area (Å²) in [7, 11) is 0. The van der Waals surface area contributed by atoms with Crippen molar-refractivity contribution in [2.75, 3.05) is 13.1 Å². The molecule has 25 heavy (non-hydrogen) atoms. The molecule has 0 fully saturated rings. The first-order valence-electron chi connectivity index (χ1n) is 8.56. The maximum Gasteiger partial charge on any atom is 0.275 e. The van der Waals surface area contributed by atoms with Gasteiger partial charge in [0.05, 0.1) is 11.4 Å². The van der Waals surface area contributed by atoms with Crippen molar-refractivity contribution in [1.29, 1.82) is 0 Å². The van der Waals surface area contributed by atoms with E-state index in [1.54, 1.807) is 11.3 Å². The molecule has 0 saturated heterocycles. The highest BCUT2D eigenvalue weighted by Crippen LogP contribution is 2.31. The van der Waals surface area contributed by atoms with Gasteiger partial charge < -0.3 is 10.2 Å². The normalized spacial score (nSPS) is 19.4. The van der Waals surface area contributed by atoms with E-state index in [4.69, 9.17) is 0 Å². The van der Waals surface area contributed by atoms with Crippen LogP contribution in [-0.4, -0.2) is 19.0 Å². The Kier molecular flexibility index (Phi) is 4.97. The molecular weight excluding hydrogens is 348 g/mol. The number of nitrogens with one attached hydrogen (secondary N) is 2. The van der Waals surface area contributed by atoms with Crippen LogP contribution in [0.1, 0.15) is 26.9 Å². The SMILES string of the molecule is O=C(C[NH+]1CCc2sccc2[C@H]1c1cccs1)NCc1ccccc1. The van der Waals surface area contributed by atoms with Crippen molar-refractivity contribution in [3.8, 4) is 0 Å². The smallest absolute Gasteiger partial charge is 0.275 e. The van der Waals surface area contributed by atoms with Crippen LogP contribution >= 0.6 is 22.7 Å². The maximum atomic E-state index is 12.5. The number of rotatable bonds is 5. The average molecular weight is 370 g/mol. The van der Waals surface area contributed by atoms with Gasteiger partial charge >= 0.3 is 0 Å². The third-order valence-electron chi connectivity index (χ3n) is 4.72. The van der Waals surface area contributed by atoms with Gasteiger partial charge in [0.15, 0.2) is 6.54 Å². The predicted molar refractivity (Wildman–Crippen MR) is 103 cm³/mol. The molecule has 0 spiro atoms. The van der Waals surface area contributed by atoms with Gasteiger partial charge in [-0.15, -0.1) is 22.7 Å². The van der Waals surface area contributed by atoms with E-state index in [2.05, 4.69) is 34.3 Å². The molecule has 1 aliphatic heterocycles. The van der Waals surface area contributed by atoms with E-state index in [0.717, 1.165) is 18.5 Å². The van der Waals surface area contributed by atoms with Crippen LogP contribution in [0.5, 0.6) is 0 Å². The van der Waals surface area contributed by atoms with Gasteiger partial charge in [0, 0.05) is 23.4 Å². The minimum atomic E-state index is 0.124. The fourth-order valence-corrected chi connectivity index (χ4v) is 5.34. The number of amides is 1. The van der Waals surface area contributed by atoms with Crippen LogP contribution in [0.15, 0.2) is 59.3 Å². The van der Waals surface area contributed by atoms with Gasteiger partial charge in [-0.25, -0.2) is 0 Å². The third kappa shape index (κ3) is 3.68. The Bertz CT molecular complexity index is 827. The van der Waals surface area contributed by atoms with Crippen LogP contribution in [-0.2, 0) is 17.8 Å². The Morgan fingerprint density at radius 3 is 2.76 bits per heavy atom. The van der Waals surface area contributed by atoms with Gasteiger partial charge in [-0.2, -0.15) is 0 Å². The molecule has 2 atom stereocenters. The van der Waals surface area contributed by atoms with Crippen molar-refractivity contribution in [2.24, 2.45) is 0 Å². The summed E-state index contributed by atoms with van der Waals surface area (Å²) in [5.74, 6) is 0.124. The number of carbonyl (C=O) groups excluding carboxylic acids is 1. The molecule has 0 bridgehead atoms. The maximum absolute atomic E-state index is 12.5. The molecule has 128 valence electrons. The molecule has 4 rings (SSSR count). The minimum absolute atomic E-state index is 0.124. The third-order valence-corrected chi connectivity index (χ3v) is 6.65. The highest BCUT2D eigenvalue weighted by Gasteiger charge is 2.34. The van der Waals surface area contributed by atoms with E-state index in [9.17, 15) is 4.79 Å². The van der Waals surface area contributed by atoms with E-state index in [1.807, 2.05) is 41.7 Å². The first-order valence-corrected chi connectivity index (χ1v) is 10.3. The molecule has 3 aromatic rings. The Labute approximate surface area is 155 Å². The lowest BCUT2D eigenvalue weighted by Gasteiger charge is -2.31. The zero-order valence-electron chi connectivity index (χ0n) is 13.9. The highest BCUT2D eigenvalue weighted by molar-refractivity contribution is 7.10. The van der Waals surface area contributed by atoms with E-state index >= 15 is 0 Å². The second-order valence-electron chi connectivity index (χ2n) is 6.34. The van der Waals surface area contributed by atoms with Crippen LogP contribution in [0, 0.1) is 0 Å². The summed E-state index contributed by atoms with van der Waals surface area (Å²) in [5, 5.41) is 7.39. The molecule has 3 nitrogen and oxygen atoms in total. The number of hydrogen-bond acceptors (Lipinski definition) is 3. The van der Waals surface area contributed by atoms with Gasteiger partial charge in [-0.1, -0.05) is 36.4 Å². The Hall–Kier alpha value is -1.95. The lowest BCUT2D eigenvalue weighted by molar-refractivity contribution is -0.919. The zero-order valence-corrected chi connectivity index (χ0v) is 15.5. The van der Waals surface area contributed by atoms with E-state index in [-0.39, 0.29) is 11.9 Å². The van der Waals surface area contributed by atoms with Gasteiger partial charge in [0.2, 0.25) is 0 Å². The van der Waals surface area contributed by atoms with Gasteiger partial charge in [0.1, 0.15) is 6.04 Å². The van der Waals surface area contributed by atoms with Crippen LogP contribution in [0.25, 0.3) is 0 Å². The topological polar surface area (TPSA) is 33.5 Å². The second-order valence-corrected chi connectivity index (χ2v) is 8.32. The predicted octanol–water partition coefficient (Wildman–Crippen LogP) is 2.66. The lowest BCUT2D eigenvalue weighted by atomic mass is 9.98. The van der Waals surface area contributed by atoms with Crippen molar-refractivity contribution in [3.63, 3.8) is 0 Å². The van der Waals surface area contributed by atoms with Crippen molar-refractivity contribution in [1.82, 2.24) is 5.32 Å². The Morgan fingerprint density at radius 1 is 1.08 bits per heavy atom. The lowest BCUT2D eigenvalue weighted by Crippen LogP contribution is -3.14. The van der Waals surface area contributed by atoms with Crippen molar-refractivity contribution in [2.45, 2.75) is 19.0 Å². The fourth-order valence-electron chi connectivity index (χ4n) is 3.51. The molecule has 0 radical (unpaired) electrons. The summed E-state index contributed by atoms with van der Waals surface area (Å²) in [6.07, 6.45) is 1.07. The zero-order chi connectivity index (χ0) is 17.1. The summed E-state index contributed by atoms with van der Waals surface area (Å²) < 4.78 is 0. The molecule has 5 heteroatoms. The van der Waals surface area contributed by atoms with Crippen LogP contribution in [0.3, 0.4) is 0 Å². The Morgan fingerprint density at radius 2 is 1.96 bits per heavy atom. The first-order chi connectivity index (χ1) is 12.3. The number of fused-ring (bicyclic) bond motifs is 1. The monoisotopic (exact) mass is 369 g/mol. The minimum Gasteiger partial charge on any atom is -0.347 e. The van der Waals surface area contributed by atoms with E-state index in [0.29, 0.717) is 13.1 Å². The van der Waals surface area contributed by atoms with Gasteiger partial charge in [-0.05, 0) is 28.5 Å². The van der Waals surface area contributed by atoms with Crippen molar-refractivity contribution < 1.29 is 9.69 Å². The summed E-state index contributed by atoms with van der Waals surface area (Å²) in [4.78, 5) is 16.7. The summed E-state index contributed by atoms with van der Waals surface area (Å²) in [5.41, 5.74) is 2.55. The quantitative estimate of drug-likeness (QED) is 0.712. The molecular formula is C20H21N2OS2+. The number of thiophene rings is 2. The molecule has 1 aromatic carbocycles.